The fourth-order valence-electron chi connectivity index (χ4n) is 9.63. The van der Waals surface area contributed by atoms with Crippen LogP contribution in [0.25, 0.3) is 111 Å². The Morgan fingerprint density at radius 1 is 0.359 bits per heavy atom. The van der Waals surface area contributed by atoms with Gasteiger partial charge in [0.05, 0.1) is 45.1 Å². The number of nitriles is 1. The molecule has 0 aliphatic carbocycles. The Balaban J connectivity index is 0.877. The van der Waals surface area contributed by atoms with Gasteiger partial charge in [-0.15, -0.1) is 0 Å². The van der Waals surface area contributed by atoms with E-state index in [2.05, 4.69) is 221 Å². The monoisotopic (exact) mass is 817 g/mol. The quantitative estimate of drug-likeness (QED) is 0.161. The van der Waals surface area contributed by atoms with Crippen molar-refractivity contribution < 1.29 is 0 Å². The third kappa shape index (κ3) is 6.04. The lowest BCUT2D eigenvalue weighted by atomic mass is 9.98. The first-order valence-electron chi connectivity index (χ1n) is 21.6. The van der Waals surface area contributed by atoms with Gasteiger partial charge in [-0.2, -0.15) is 5.26 Å². The summed E-state index contributed by atoms with van der Waals surface area (Å²) in [6, 6.07) is 79.6. The molecule has 0 aliphatic rings. The van der Waals surface area contributed by atoms with Crippen molar-refractivity contribution >= 4 is 43.6 Å². The maximum atomic E-state index is 9.50. The summed E-state index contributed by atoms with van der Waals surface area (Å²) >= 11 is 0. The molecule has 9 aromatic carbocycles. The molecule has 0 spiro atoms. The van der Waals surface area contributed by atoms with Crippen molar-refractivity contribution in [1.82, 2.24) is 18.7 Å². The molecule has 0 fully saturated rings. The van der Waals surface area contributed by atoms with Crippen molar-refractivity contribution in [2.45, 2.75) is 0 Å². The Morgan fingerprint density at radius 2 is 0.688 bits per heavy atom. The van der Waals surface area contributed by atoms with Gasteiger partial charge in [-0.3, -0.25) is 0 Å². The second-order valence-corrected chi connectivity index (χ2v) is 16.4. The minimum absolute atomic E-state index is 0.621. The Morgan fingerprint density at radius 3 is 1.08 bits per heavy atom. The molecule has 64 heavy (non-hydrogen) atoms. The summed E-state index contributed by atoms with van der Waals surface area (Å²) in [6.07, 6.45) is 0. The number of aromatic nitrogens is 4. The Kier molecular flexibility index (Phi) is 8.70. The number of imidazole rings is 1. The van der Waals surface area contributed by atoms with E-state index in [1.165, 1.54) is 43.6 Å². The van der Waals surface area contributed by atoms with Crippen molar-refractivity contribution in [3.05, 3.63) is 224 Å². The normalized spacial score (nSPS) is 11.5. The summed E-state index contributed by atoms with van der Waals surface area (Å²) in [5.74, 6) is 0.837. The average Bonchev–Trinajstić information content (AvgIpc) is 4.01. The molecule has 12 rings (SSSR count). The zero-order valence-corrected chi connectivity index (χ0v) is 35.0. The molecule has 0 aliphatic heterocycles. The van der Waals surface area contributed by atoms with Gasteiger partial charge in [0.2, 0.25) is 0 Å². The average molecular weight is 818 g/mol. The lowest BCUT2D eigenvalue weighted by Crippen LogP contribution is -1.96. The largest absolute Gasteiger partial charge is 0.327 e. The predicted molar refractivity (Wildman–Crippen MR) is 264 cm³/mol. The molecule has 0 saturated heterocycles. The minimum Gasteiger partial charge on any atom is -0.327 e. The summed E-state index contributed by atoms with van der Waals surface area (Å²) in [5.41, 5.74) is 17.2. The topological polar surface area (TPSA) is 51.5 Å². The van der Waals surface area contributed by atoms with Gasteiger partial charge in [0, 0.05) is 56.7 Å². The number of hydrogen-bond acceptors (Lipinski definition) is 2. The lowest BCUT2D eigenvalue weighted by Gasteiger charge is -2.12. The Hall–Kier alpha value is -8.72. The third-order valence-electron chi connectivity index (χ3n) is 12.8. The van der Waals surface area contributed by atoms with E-state index >= 15 is 0 Å². The highest BCUT2D eigenvalue weighted by molar-refractivity contribution is 6.10. The van der Waals surface area contributed by atoms with E-state index in [0.29, 0.717) is 5.56 Å². The van der Waals surface area contributed by atoms with E-state index in [9.17, 15) is 5.26 Å². The summed E-state index contributed by atoms with van der Waals surface area (Å²) in [6.45, 7) is 0. The molecule has 3 heterocycles. The van der Waals surface area contributed by atoms with Gasteiger partial charge in [-0.1, -0.05) is 146 Å². The fraction of sp³-hybridized carbons (Fsp3) is 0.0169. The number of nitrogens with zero attached hydrogens (tertiary/aromatic N) is 5. The maximum absolute atomic E-state index is 9.50. The smallest absolute Gasteiger partial charge is 0.140 e. The summed E-state index contributed by atoms with van der Waals surface area (Å²) < 4.78 is 6.87. The molecule has 3 aromatic heterocycles. The van der Waals surface area contributed by atoms with Crippen LogP contribution in [-0.2, 0) is 7.05 Å². The molecular weight excluding hydrogens is 779 g/mol. The Labute approximate surface area is 370 Å². The molecule has 0 saturated carbocycles. The van der Waals surface area contributed by atoms with Crippen LogP contribution in [0.5, 0.6) is 0 Å². The van der Waals surface area contributed by atoms with Gasteiger partial charge in [0.1, 0.15) is 5.82 Å². The summed E-state index contributed by atoms with van der Waals surface area (Å²) in [5, 5.41) is 14.5. The van der Waals surface area contributed by atoms with E-state index in [0.717, 1.165) is 67.5 Å². The van der Waals surface area contributed by atoms with Gasteiger partial charge in [0.25, 0.3) is 0 Å². The van der Waals surface area contributed by atoms with Crippen LogP contribution in [0.1, 0.15) is 5.56 Å². The van der Waals surface area contributed by atoms with E-state index in [-0.39, 0.29) is 0 Å². The number of para-hydroxylation sites is 4. The molecule has 5 nitrogen and oxygen atoms in total. The van der Waals surface area contributed by atoms with E-state index < -0.39 is 0 Å². The fourth-order valence-corrected chi connectivity index (χ4v) is 9.63. The van der Waals surface area contributed by atoms with Gasteiger partial charge in [0.15, 0.2) is 0 Å². The summed E-state index contributed by atoms with van der Waals surface area (Å²) in [7, 11) is 2.08. The molecule has 12 aromatic rings. The number of rotatable bonds is 7. The molecule has 0 unspecified atom stereocenters. The number of benzene rings is 9. The van der Waals surface area contributed by atoms with Crippen LogP contribution < -0.4 is 0 Å². The van der Waals surface area contributed by atoms with E-state index in [1.54, 1.807) is 0 Å². The number of hydrogen-bond donors (Lipinski definition) is 0. The molecule has 0 amide bonds. The second kappa shape index (κ2) is 15.0. The molecule has 300 valence electrons. The number of fused-ring (bicyclic) bond motifs is 6. The van der Waals surface area contributed by atoms with Crippen molar-refractivity contribution in [1.29, 1.82) is 5.26 Å². The van der Waals surface area contributed by atoms with Crippen molar-refractivity contribution in [2.75, 3.05) is 0 Å². The van der Waals surface area contributed by atoms with Gasteiger partial charge < -0.3 is 13.7 Å². The van der Waals surface area contributed by atoms with E-state index in [4.69, 9.17) is 4.98 Å². The highest BCUT2D eigenvalue weighted by atomic mass is 15.1. The SMILES string of the molecule is Cn1c(-c2ccc(C#N)cc2)nc(-c2ccc(-c3ccc(-n4c5ccccc5c5ccccc54)cc3)cc2)c1-c1ccc(-c2ccc(-n3c4ccccc4c4ccccc43)cc2)cc1. The lowest BCUT2D eigenvalue weighted by molar-refractivity contribution is 0.933. The van der Waals surface area contributed by atoms with E-state index in [1.807, 2.05) is 24.3 Å². The molecule has 0 atom stereocenters. The predicted octanol–water partition coefficient (Wildman–Crippen LogP) is 14.8. The molecule has 0 bridgehead atoms. The van der Waals surface area contributed by atoms with Crippen LogP contribution in [0.2, 0.25) is 0 Å². The third-order valence-corrected chi connectivity index (χ3v) is 12.8. The first kappa shape index (κ1) is 37.1. The first-order valence-corrected chi connectivity index (χ1v) is 21.6. The van der Waals surface area contributed by atoms with Crippen LogP contribution in [0.15, 0.2) is 218 Å². The van der Waals surface area contributed by atoms with Crippen LogP contribution in [0, 0.1) is 11.3 Å². The Bertz CT molecular complexity index is 3640. The maximum Gasteiger partial charge on any atom is 0.140 e. The standard InChI is InChI=1S/C59H39N5/c1-62-58(45-28-24-41(25-29-45)43-32-36-48(37-33-43)64-55-16-8-4-12-51(55)52-13-5-9-17-56(52)64)57(61-59(62)46-20-18-39(38-60)19-21-46)44-26-22-40(23-27-44)42-30-34-47(35-31-42)63-53-14-6-2-10-49(53)50-11-3-7-15-54(50)63/h2-37H,1H3. The first-order chi connectivity index (χ1) is 31.6. The summed E-state index contributed by atoms with van der Waals surface area (Å²) in [4.78, 5) is 5.31. The highest BCUT2D eigenvalue weighted by Gasteiger charge is 2.20. The van der Waals surface area contributed by atoms with Gasteiger partial charge in [-0.25, -0.2) is 4.98 Å². The molecule has 5 heteroatoms. The molecule has 0 N–H and O–H groups in total. The van der Waals surface area contributed by atoms with Crippen LogP contribution in [0.4, 0.5) is 0 Å². The van der Waals surface area contributed by atoms with Crippen LogP contribution in [0.3, 0.4) is 0 Å². The molecular formula is C59H39N5. The zero-order valence-electron chi connectivity index (χ0n) is 35.0. The van der Waals surface area contributed by atoms with Crippen LogP contribution >= 0.6 is 0 Å². The van der Waals surface area contributed by atoms with Crippen molar-refractivity contribution in [2.24, 2.45) is 7.05 Å². The zero-order chi connectivity index (χ0) is 42.7. The van der Waals surface area contributed by atoms with Crippen molar-refractivity contribution in [3.8, 4) is 73.6 Å². The minimum atomic E-state index is 0.621. The van der Waals surface area contributed by atoms with Gasteiger partial charge >= 0.3 is 0 Å². The van der Waals surface area contributed by atoms with Crippen LogP contribution in [-0.4, -0.2) is 18.7 Å². The second-order valence-electron chi connectivity index (χ2n) is 16.4. The van der Waals surface area contributed by atoms with Gasteiger partial charge in [-0.05, 0) is 95.1 Å². The van der Waals surface area contributed by atoms with Crippen molar-refractivity contribution in [3.63, 3.8) is 0 Å². The molecule has 0 radical (unpaired) electrons. The highest BCUT2D eigenvalue weighted by Crippen LogP contribution is 2.39.